The summed E-state index contributed by atoms with van der Waals surface area (Å²) in [5.74, 6) is -8.39. The van der Waals surface area contributed by atoms with Crippen molar-refractivity contribution in [1.82, 2.24) is 0 Å². The molecule has 0 aliphatic heterocycles. The van der Waals surface area contributed by atoms with Crippen LogP contribution in [0, 0.1) is 23.3 Å². The summed E-state index contributed by atoms with van der Waals surface area (Å²) in [5.41, 5.74) is -0.226. The number of nitrogens with two attached hydrogens (primary N) is 1. The Bertz CT molecular complexity index is 2520. The number of hydrogen-bond acceptors (Lipinski definition) is 14. The third kappa shape index (κ3) is 17.8. The molecular formula is C42H44ClF4NO14S2. The molecule has 64 heavy (non-hydrogen) atoms. The smallest absolute Gasteiger partial charge is 0.403 e. The van der Waals surface area contributed by atoms with E-state index < -0.39 is 83.7 Å². The summed E-state index contributed by atoms with van der Waals surface area (Å²) in [4.78, 5) is 43.4. The summed E-state index contributed by atoms with van der Waals surface area (Å²) in [6.45, 7) is 6.53. The van der Waals surface area contributed by atoms with Gasteiger partial charge in [0.15, 0.2) is 50.4 Å². The Morgan fingerprint density at radius 2 is 0.969 bits per heavy atom. The fourth-order valence-electron chi connectivity index (χ4n) is 4.66. The fraction of sp³-hybridized carbons (Fsp3) is 0.238. The Kier molecular flexibility index (Phi) is 22.4. The number of sulfonamides is 1. The first-order valence-corrected chi connectivity index (χ1v) is 21.3. The highest BCUT2D eigenvalue weighted by molar-refractivity contribution is 7.92. The van der Waals surface area contributed by atoms with E-state index in [2.05, 4.69) is 18.9 Å². The zero-order valence-electron chi connectivity index (χ0n) is 34.2. The van der Waals surface area contributed by atoms with E-state index in [-0.39, 0.29) is 57.6 Å². The molecule has 348 valence electrons. The lowest BCUT2D eigenvalue weighted by molar-refractivity contribution is -0.140. The second-order valence-electron chi connectivity index (χ2n) is 12.2. The Morgan fingerprint density at radius 3 is 1.25 bits per heavy atom. The quantitative estimate of drug-likeness (QED) is 0.0411. The summed E-state index contributed by atoms with van der Waals surface area (Å²) in [7, 11) is -5.44. The standard InChI is InChI=1S/C21H20F2O7S.C17H15F2NO5S.C3H5ClO2.CH4/c1-4-29-19(24)12-31(26,27)16-7-5-15(6-8-16)30-20-17(22)10-14(11-18(20)23)9-13(2)21(25)28-3;1-10(17(21)24-2)7-11-8-14(18)16(15(19)9-11)25-12-3-5-13(6-4-12)26(20,22)23;1-2-6-3(4)5;/h5-11H,4,12H2,1-3H3;3-9H,1-2H3,(H2,20,22,23);2H2,1H3;1H4/b13-9+;10-7+;;. The molecule has 0 heterocycles. The largest absolute Gasteiger partial charge is 0.466 e. The Balaban J connectivity index is 0.000000565. The van der Waals surface area contributed by atoms with Crippen molar-refractivity contribution in [3.63, 3.8) is 0 Å². The minimum atomic E-state index is -3.94. The Labute approximate surface area is 372 Å². The lowest BCUT2D eigenvalue weighted by Gasteiger charge is -2.10. The van der Waals surface area contributed by atoms with E-state index in [1.807, 2.05) is 0 Å². The van der Waals surface area contributed by atoms with Crippen molar-refractivity contribution in [3.05, 3.63) is 118 Å². The summed E-state index contributed by atoms with van der Waals surface area (Å²) >= 11 is 4.72. The van der Waals surface area contributed by atoms with Crippen LogP contribution in [0.3, 0.4) is 0 Å². The first-order valence-electron chi connectivity index (χ1n) is 17.8. The highest BCUT2D eigenvalue weighted by Gasteiger charge is 2.21. The number of carbonyl (C=O) groups excluding carboxylic acids is 4. The van der Waals surface area contributed by atoms with Crippen LogP contribution in [-0.4, -0.2) is 73.4 Å². The van der Waals surface area contributed by atoms with Gasteiger partial charge in [-0.1, -0.05) is 7.43 Å². The summed E-state index contributed by atoms with van der Waals surface area (Å²) < 4.78 is 132. The molecule has 22 heteroatoms. The highest BCUT2D eigenvalue weighted by Crippen LogP contribution is 2.32. The SMILES string of the molecule is C.CCOC(=O)CS(=O)(=O)c1ccc(Oc2c(F)cc(/C=C(\C)C(=O)OC)cc2F)cc1.CCOC(=O)Cl.COC(=O)/C(C)=C/c1cc(F)c(Oc2ccc(S(N)(=O)=O)cc2)c(F)c1. The van der Waals surface area contributed by atoms with Gasteiger partial charge in [-0.2, -0.15) is 0 Å². The van der Waals surface area contributed by atoms with Gasteiger partial charge in [-0.3, -0.25) is 4.79 Å². The van der Waals surface area contributed by atoms with Crippen molar-refractivity contribution in [2.45, 2.75) is 44.9 Å². The molecule has 0 atom stereocenters. The third-order valence-corrected chi connectivity index (χ3v) is 10.1. The molecule has 0 aromatic heterocycles. The van der Waals surface area contributed by atoms with Crippen molar-refractivity contribution >= 4 is 66.9 Å². The molecule has 4 rings (SSSR count). The van der Waals surface area contributed by atoms with Crippen LogP contribution < -0.4 is 14.6 Å². The Hall–Kier alpha value is -6.29. The van der Waals surface area contributed by atoms with Crippen LogP contribution >= 0.6 is 11.6 Å². The minimum Gasteiger partial charge on any atom is -0.466 e. The van der Waals surface area contributed by atoms with Gasteiger partial charge in [0.25, 0.3) is 0 Å². The average Bonchev–Trinajstić information content (AvgIpc) is 3.20. The zero-order chi connectivity index (χ0) is 47.7. The van der Waals surface area contributed by atoms with Crippen LogP contribution in [0.2, 0.25) is 0 Å². The number of primary sulfonamides is 1. The molecule has 0 amide bonds. The molecule has 15 nitrogen and oxygen atoms in total. The van der Waals surface area contributed by atoms with E-state index in [0.717, 1.165) is 48.5 Å². The first kappa shape index (κ1) is 55.7. The molecule has 0 unspecified atom stereocenters. The summed E-state index contributed by atoms with van der Waals surface area (Å²) in [6.07, 6.45) is 2.52. The topological polar surface area (TPSA) is 218 Å². The maximum atomic E-state index is 14.4. The molecule has 0 aliphatic carbocycles. The van der Waals surface area contributed by atoms with Gasteiger partial charge in [0.2, 0.25) is 10.0 Å². The van der Waals surface area contributed by atoms with Crippen LogP contribution in [0.25, 0.3) is 12.2 Å². The number of hydrogen-bond donors (Lipinski definition) is 1. The normalized spacial score (nSPS) is 11.2. The van der Waals surface area contributed by atoms with Crippen molar-refractivity contribution < 1.29 is 82.0 Å². The van der Waals surface area contributed by atoms with Gasteiger partial charge in [0.05, 0.1) is 37.2 Å². The van der Waals surface area contributed by atoms with Gasteiger partial charge in [-0.25, -0.2) is 53.9 Å². The molecule has 4 aromatic carbocycles. The van der Waals surface area contributed by atoms with E-state index in [9.17, 15) is 53.6 Å². The first-order chi connectivity index (χ1) is 29.4. The monoisotopic (exact) mass is 961 g/mol. The molecular weight excluding hydrogens is 918 g/mol. The van der Waals surface area contributed by atoms with Crippen LogP contribution in [0.4, 0.5) is 22.4 Å². The van der Waals surface area contributed by atoms with Gasteiger partial charge in [0.1, 0.15) is 11.5 Å². The number of methoxy groups -OCH3 is 2. The number of rotatable bonds is 14. The maximum absolute atomic E-state index is 14.4. The number of halogens is 5. The van der Waals surface area contributed by atoms with Crippen LogP contribution in [0.1, 0.15) is 46.2 Å². The van der Waals surface area contributed by atoms with E-state index in [4.69, 9.17) is 26.2 Å². The van der Waals surface area contributed by atoms with Gasteiger partial charge >= 0.3 is 23.3 Å². The lowest BCUT2D eigenvalue weighted by atomic mass is 10.1. The van der Waals surface area contributed by atoms with Crippen LogP contribution in [-0.2, 0) is 53.2 Å². The zero-order valence-corrected chi connectivity index (χ0v) is 36.6. The maximum Gasteiger partial charge on any atom is 0.403 e. The number of sulfone groups is 1. The number of benzene rings is 4. The average molecular weight is 962 g/mol. The fourth-order valence-corrected chi connectivity index (χ4v) is 6.40. The second-order valence-corrected chi connectivity index (χ2v) is 16.1. The van der Waals surface area contributed by atoms with Crippen molar-refractivity contribution in [1.29, 1.82) is 0 Å². The predicted octanol–water partition coefficient (Wildman–Crippen LogP) is 8.67. The molecule has 0 radical (unpaired) electrons. The van der Waals surface area contributed by atoms with Gasteiger partial charge in [-0.15, -0.1) is 0 Å². The van der Waals surface area contributed by atoms with E-state index in [1.54, 1.807) is 13.8 Å². The molecule has 0 saturated heterocycles. The summed E-state index contributed by atoms with van der Waals surface area (Å²) in [5, 5.41) is 4.97. The van der Waals surface area contributed by atoms with Gasteiger partial charge < -0.3 is 28.4 Å². The van der Waals surface area contributed by atoms with Gasteiger partial charge in [-0.05, 0) is 124 Å². The van der Waals surface area contributed by atoms with Crippen molar-refractivity contribution in [2.24, 2.45) is 5.14 Å². The minimum absolute atomic E-state index is 0. The number of esters is 3. The lowest BCUT2D eigenvalue weighted by Crippen LogP contribution is -2.18. The summed E-state index contributed by atoms with van der Waals surface area (Å²) in [6, 6.07) is 13.4. The number of ether oxygens (including phenoxy) is 6. The molecule has 0 fully saturated rings. The third-order valence-electron chi connectivity index (χ3n) is 7.47. The molecule has 0 bridgehead atoms. The van der Waals surface area contributed by atoms with E-state index >= 15 is 0 Å². The predicted molar refractivity (Wildman–Crippen MR) is 227 cm³/mol. The molecule has 2 N–H and O–H groups in total. The number of carbonyl (C=O) groups is 4. The molecule has 0 aliphatic rings. The molecule has 0 spiro atoms. The van der Waals surface area contributed by atoms with Gasteiger partial charge in [0, 0.05) is 22.7 Å². The van der Waals surface area contributed by atoms with E-state index in [0.29, 0.717) is 6.61 Å². The molecule has 0 saturated carbocycles. The van der Waals surface area contributed by atoms with Crippen molar-refractivity contribution in [3.8, 4) is 23.0 Å². The Morgan fingerprint density at radius 1 is 0.625 bits per heavy atom. The van der Waals surface area contributed by atoms with E-state index in [1.165, 1.54) is 64.5 Å². The van der Waals surface area contributed by atoms with Crippen LogP contribution in [0.15, 0.2) is 93.7 Å². The van der Waals surface area contributed by atoms with Crippen LogP contribution in [0.5, 0.6) is 23.0 Å². The highest BCUT2D eigenvalue weighted by atomic mass is 35.5. The second kappa shape index (κ2) is 25.7. The van der Waals surface area contributed by atoms with Crippen molar-refractivity contribution in [2.75, 3.05) is 33.2 Å². The molecule has 4 aromatic rings.